The number of alkyl halides is 1. The highest BCUT2D eigenvalue weighted by Gasteiger charge is 1.87. The molecule has 0 N–H and O–H groups in total. The average molecular weight is 137 g/mol. The molecule has 0 unspecified atom stereocenters. The van der Waals surface area contributed by atoms with E-state index in [0.717, 1.165) is 0 Å². The molecule has 0 saturated heterocycles. The summed E-state index contributed by atoms with van der Waals surface area (Å²) in [4.78, 5) is 0. The smallest absolute Gasteiger partial charge is 0.188 e. The van der Waals surface area contributed by atoms with Crippen LogP contribution in [0.2, 0.25) is 0 Å². The lowest BCUT2D eigenvalue weighted by molar-refractivity contribution is 0.00725. The predicted molar refractivity (Wildman–Crippen MR) is 32.8 cm³/mol. The average Bonchev–Trinajstić information content (AvgIpc) is 1.83. The first-order valence-corrected chi connectivity index (χ1v) is 2.70. The molecule has 0 amide bonds. The molecule has 0 fully saturated rings. The second-order valence-electron chi connectivity index (χ2n) is 1.22. The van der Waals surface area contributed by atoms with Gasteiger partial charge in [0, 0.05) is 7.11 Å². The Labute approximate surface area is 54.0 Å². The van der Waals surface area contributed by atoms with Crippen LogP contribution in [0, 0.1) is 0 Å². The Kier molecular flexibility index (Phi) is 4.81. The van der Waals surface area contributed by atoms with E-state index in [-0.39, 0.29) is 6.79 Å². The van der Waals surface area contributed by atoms with Crippen LogP contribution < -0.4 is 0 Å². The van der Waals surface area contributed by atoms with Crippen molar-refractivity contribution >= 4 is 11.6 Å². The van der Waals surface area contributed by atoms with Crippen molar-refractivity contribution in [3.05, 3.63) is 12.3 Å². The van der Waals surface area contributed by atoms with Crippen LogP contribution in [0.25, 0.3) is 0 Å². The zero-order valence-corrected chi connectivity index (χ0v) is 5.57. The van der Waals surface area contributed by atoms with E-state index in [1.807, 2.05) is 0 Å². The second-order valence-corrected chi connectivity index (χ2v) is 1.49. The number of hydrogen-bond donors (Lipinski definition) is 0. The zero-order chi connectivity index (χ0) is 6.41. The molecule has 0 aliphatic rings. The van der Waals surface area contributed by atoms with Crippen LogP contribution in [-0.4, -0.2) is 19.8 Å². The Bertz CT molecular complexity index is 72.8. The Balaban J connectivity index is 2.99. The maximum Gasteiger partial charge on any atom is 0.188 e. The third kappa shape index (κ3) is 3.96. The van der Waals surface area contributed by atoms with Crippen LogP contribution in [0.15, 0.2) is 12.3 Å². The maximum absolute atomic E-state index is 5.31. The maximum atomic E-state index is 5.31. The number of rotatable bonds is 4. The molecule has 48 valence electrons. The van der Waals surface area contributed by atoms with Gasteiger partial charge in [-0.1, -0.05) is 6.58 Å². The normalized spacial score (nSPS) is 8.75. The van der Waals surface area contributed by atoms with Crippen molar-refractivity contribution in [3.8, 4) is 0 Å². The molecule has 0 aliphatic carbocycles. The molecule has 0 heterocycles. The predicted octanol–water partition coefficient (Wildman–Crippen LogP) is 1.36. The molecule has 0 saturated carbocycles. The highest BCUT2D eigenvalue weighted by Crippen LogP contribution is 1.94. The highest BCUT2D eigenvalue weighted by atomic mass is 35.5. The molecule has 3 heteroatoms. The summed E-state index contributed by atoms with van der Waals surface area (Å²) in [6, 6.07) is 0. The molecular weight excluding hydrogens is 128 g/mol. The van der Waals surface area contributed by atoms with Gasteiger partial charge >= 0.3 is 0 Å². The van der Waals surface area contributed by atoms with Gasteiger partial charge in [0.15, 0.2) is 6.79 Å². The lowest BCUT2D eigenvalue weighted by atomic mass is 10.7. The van der Waals surface area contributed by atoms with Crippen LogP contribution in [0.4, 0.5) is 0 Å². The summed E-state index contributed by atoms with van der Waals surface area (Å²) < 4.78 is 9.36. The third-order valence-electron chi connectivity index (χ3n) is 0.530. The minimum Gasteiger partial charge on any atom is -0.471 e. The van der Waals surface area contributed by atoms with Gasteiger partial charge in [-0.3, -0.25) is 0 Å². The lowest BCUT2D eigenvalue weighted by Crippen LogP contribution is -1.95. The molecule has 0 aliphatic heterocycles. The van der Waals surface area contributed by atoms with Crippen LogP contribution in [0.3, 0.4) is 0 Å². The summed E-state index contributed by atoms with van der Waals surface area (Å²) in [6.45, 7) is 3.70. The van der Waals surface area contributed by atoms with E-state index in [1.165, 1.54) is 0 Å². The molecule has 0 bridgehead atoms. The van der Waals surface area contributed by atoms with Gasteiger partial charge in [-0.2, -0.15) is 0 Å². The monoisotopic (exact) mass is 136 g/mol. The lowest BCUT2D eigenvalue weighted by Gasteiger charge is -2.02. The van der Waals surface area contributed by atoms with Gasteiger partial charge in [-0.05, 0) is 0 Å². The molecule has 2 nitrogen and oxygen atoms in total. The minimum absolute atomic E-state index is 0.228. The van der Waals surface area contributed by atoms with Crippen molar-refractivity contribution in [2.24, 2.45) is 0 Å². The van der Waals surface area contributed by atoms with E-state index < -0.39 is 0 Å². The largest absolute Gasteiger partial charge is 0.471 e. The standard InChI is InChI=1S/C5H9ClO2/c1-5(3-6)8-4-7-2/h1,3-4H2,2H3. The Hall–Kier alpha value is -0.210. The van der Waals surface area contributed by atoms with Gasteiger partial charge in [-0.25, -0.2) is 0 Å². The van der Waals surface area contributed by atoms with Crippen molar-refractivity contribution in [1.29, 1.82) is 0 Å². The van der Waals surface area contributed by atoms with E-state index in [9.17, 15) is 0 Å². The fourth-order valence-corrected chi connectivity index (χ4v) is 0.258. The Morgan fingerprint density at radius 2 is 2.38 bits per heavy atom. The van der Waals surface area contributed by atoms with Crippen molar-refractivity contribution in [2.75, 3.05) is 19.8 Å². The summed E-state index contributed by atoms with van der Waals surface area (Å²) in [7, 11) is 1.54. The fourth-order valence-electron chi connectivity index (χ4n) is 0.181. The van der Waals surface area contributed by atoms with Crippen molar-refractivity contribution in [2.45, 2.75) is 0 Å². The van der Waals surface area contributed by atoms with Gasteiger partial charge < -0.3 is 9.47 Å². The summed E-state index contributed by atoms with van der Waals surface area (Å²) in [6.07, 6.45) is 0. The van der Waals surface area contributed by atoms with E-state index in [1.54, 1.807) is 7.11 Å². The summed E-state index contributed by atoms with van der Waals surface area (Å²) in [5.74, 6) is 0.858. The number of allylic oxidation sites excluding steroid dienone is 1. The number of hydrogen-bond acceptors (Lipinski definition) is 2. The SMILES string of the molecule is C=C(CCl)OCOC. The van der Waals surface area contributed by atoms with Crippen LogP contribution in [0.1, 0.15) is 0 Å². The fraction of sp³-hybridized carbons (Fsp3) is 0.600. The molecular formula is C5H9ClO2. The van der Waals surface area contributed by atoms with Crippen LogP contribution >= 0.6 is 11.6 Å². The number of methoxy groups -OCH3 is 1. The number of ether oxygens (including phenoxy) is 2. The van der Waals surface area contributed by atoms with Gasteiger partial charge in [0.05, 0.1) is 5.88 Å². The topological polar surface area (TPSA) is 18.5 Å². The minimum atomic E-state index is 0.228. The van der Waals surface area contributed by atoms with Crippen molar-refractivity contribution < 1.29 is 9.47 Å². The van der Waals surface area contributed by atoms with Gasteiger partial charge in [0.2, 0.25) is 0 Å². The molecule has 0 aromatic carbocycles. The first kappa shape index (κ1) is 7.79. The summed E-state index contributed by atoms with van der Waals surface area (Å²) >= 11 is 5.31. The summed E-state index contributed by atoms with van der Waals surface area (Å²) in [5, 5.41) is 0. The van der Waals surface area contributed by atoms with Gasteiger partial charge in [0.1, 0.15) is 5.76 Å². The molecule has 0 spiro atoms. The first-order valence-electron chi connectivity index (χ1n) is 2.16. The zero-order valence-electron chi connectivity index (χ0n) is 4.82. The van der Waals surface area contributed by atoms with E-state index >= 15 is 0 Å². The van der Waals surface area contributed by atoms with Crippen LogP contribution in [-0.2, 0) is 9.47 Å². The molecule has 0 atom stereocenters. The first-order chi connectivity index (χ1) is 3.81. The van der Waals surface area contributed by atoms with E-state index in [4.69, 9.17) is 16.3 Å². The Morgan fingerprint density at radius 3 is 2.75 bits per heavy atom. The highest BCUT2D eigenvalue weighted by molar-refractivity contribution is 6.19. The molecule has 0 aromatic heterocycles. The van der Waals surface area contributed by atoms with E-state index in [0.29, 0.717) is 11.6 Å². The third-order valence-corrected chi connectivity index (χ3v) is 0.828. The molecule has 0 aromatic rings. The second kappa shape index (κ2) is 4.94. The quantitative estimate of drug-likeness (QED) is 0.330. The Morgan fingerprint density at radius 1 is 1.75 bits per heavy atom. The molecule has 0 radical (unpaired) electrons. The molecule has 8 heavy (non-hydrogen) atoms. The van der Waals surface area contributed by atoms with E-state index in [2.05, 4.69) is 11.3 Å². The van der Waals surface area contributed by atoms with Crippen LogP contribution in [0.5, 0.6) is 0 Å². The summed E-state index contributed by atoms with van der Waals surface area (Å²) in [5.41, 5.74) is 0. The number of halogens is 1. The van der Waals surface area contributed by atoms with Gasteiger partial charge in [0.25, 0.3) is 0 Å². The van der Waals surface area contributed by atoms with Gasteiger partial charge in [-0.15, -0.1) is 11.6 Å². The van der Waals surface area contributed by atoms with Crippen molar-refractivity contribution in [3.63, 3.8) is 0 Å². The van der Waals surface area contributed by atoms with Crippen molar-refractivity contribution in [1.82, 2.24) is 0 Å². The molecule has 0 rings (SSSR count).